The third-order valence-corrected chi connectivity index (χ3v) is 3.31. The minimum absolute atomic E-state index is 0.117. The minimum atomic E-state index is -0.463. The predicted molar refractivity (Wildman–Crippen MR) is 77.7 cm³/mol. The van der Waals surface area contributed by atoms with Crippen LogP contribution in [-0.4, -0.2) is 21.1 Å². The summed E-state index contributed by atoms with van der Waals surface area (Å²) in [5.41, 5.74) is 1.13. The highest BCUT2D eigenvalue weighted by molar-refractivity contribution is 5.70. The highest BCUT2D eigenvalue weighted by Crippen LogP contribution is 2.36. The van der Waals surface area contributed by atoms with E-state index in [4.69, 9.17) is 9.47 Å². The van der Waals surface area contributed by atoms with Crippen molar-refractivity contribution in [2.75, 3.05) is 12.1 Å². The number of nitrogens with zero attached hydrogens (tertiary/aromatic N) is 3. The molecule has 8 heteroatoms. The molecule has 0 saturated heterocycles. The molecule has 0 aliphatic carbocycles. The first-order valence-corrected chi connectivity index (χ1v) is 6.50. The number of benzene rings is 1. The second-order valence-electron chi connectivity index (χ2n) is 4.66. The lowest BCUT2D eigenvalue weighted by Crippen LogP contribution is -1.98. The Hall–Kier alpha value is -3.29. The number of ether oxygens (including phenoxy) is 2. The van der Waals surface area contributed by atoms with Gasteiger partial charge in [-0.2, -0.15) is 9.38 Å². The van der Waals surface area contributed by atoms with Crippen molar-refractivity contribution in [3.8, 4) is 11.5 Å². The van der Waals surface area contributed by atoms with Gasteiger partial charge in [0.1, 0.15) is 0 Å². The largest absolute Gasteiger partial charge is 0.454 e. The van der Waals surface area contributed by atoms with Gasteiger partial charge in [-0.05, 0) is 23.1 Å². The molecule has 8 nitrogen and oxygen atoms in total. The number of nitro groups is 1. The lowest BCUT2D eigenvalue weighted by Gasteiger charge is -2.04. The predicted octanol–water partition coefficient (Wildman–Crippen LogP) is 2.71. The summed E-state index contributed by atoms with van der Waals surface area (Å²) in [6.45, 7) is 0.174. The number of hydrogen-bond acceptors (Lipinski definition) is 6. The van der Waals surface area contributed by atoms with Crippen molar-refractivity contribution in [1.29, 1.82) is 0 Å². The number of fused-ring (bicyclic) bond motifs is 2. The van der Waals surface area contributed by atoms with E-state index in [1.165, 1.54) is 4.40 Å². The van der Waals surface area contributed by atoms with Gasteiger partial charge in [0.05, 0.1) is 6.20 Å². The second kappa shape index (κ2) is 4.62. The maximum atomic E-state index is 11.3. The molecule has 0 atom stereocenters. The summed E-state index contributed by atoms with van der Waals surface area (Å²) in [6, 6.07) is 10.4. The summed E-state index contributed by atoms with van der Waals surface area (Å²) in [5.74, 6) is 1.30. The van der Waals surface area contributed by atoms with E-state index in [0.29, 0.717) is 22.8 Å². The van der Waals surface area contributed by atoms with E-state index in [9.17, 15) is 10.1 Å². The zero-order valence-electron chi connectivity index (χ0n) is 11.2. The molecule has 0 spiro atoms. The quantitative estimate of drug-likeness (QED) is 0.590. The van der Waals surface area contributed by atoms with E-state index >= 15 is 0 Å². The molecule has 0 radical (unpaired) electrons. The Morgan fingerprint density at radius 3 is 2.95 bits per heavy atom. The minimum Gasteiger partial charge on any atom is -0.454 e. The number of pyridine rings is 1. The number of hydrogen-bond donors (Lipinski definition) is 1. The van der Waals surface area contributed by atoms with Crippen LogP contribution < -0.4 is 14.8 Å². The number of rotatable bonds is 3. The van der Waals surface area contributed by atoms with Gasteiger partial charge in [0.2, 0.25) is 18.3 Å². The standard InChI is InChI=1S/C14H10N4O4/c19-18(20)14-13(16-12-3-1-2-6-17(12)14)15-9-4-5-10-11(7-9)22-8-21-10/h1-7,15H,8H2. The Kier molecular flexibility index (Phi) is 2.62. The molecule has 0 saturated carbocycles. The summed E-state index contributed by atoms with van der Waals surface area (Å²) < 4.78 is 12.0. The molecule has 4 rings (SSSR count). The van der Waals surface area contributed by atoms with Crippen LogP contribution in [0.4, 0.5) is 17.3 Å². The molecule has 3 aromatic rings. The second-order valence-corrected chi connectivity index (χ2v) is 4.66. The molecular weight excluding hydrogens is 288 g/mol. The van der Waals surface area contributed by atoms with Gasteiger partial charge in [0.25, 0.3) is 0 Å². The van der Waals surface area contributed by atoms with Crippen LogP contribution in [0.3, 0.4) is 0 Å². The van der Waals surface area contributed by atoms with E-state index in [1.54, 1.807) is 42.6 Å². The molecule has 1 aliphatic rings. The van der Waals surface area contributed by atoms with Gasteiger partial charge in [-0.1, -0.05) is 6.07 Å². The first-order valence-electron chi connectivity index (χ1n) is 6.50. The first kappa shape index (κ1) is 12.5. The molecule has 2 aromatic heterocycles. The van der Waals surface area contributed by atoms with Gasteiger partial charge < -0.3 is 24.9 Å². The van der Waals surface area contributed by atoms with Gasteiger partial charge in [0, 0.05) is 17.8 Å². The van der Waals surface area contributed by atoms with Gasteiger partial charge in [-0.15, -0.1) is 0 Å². The van der Waals surface area contributed by atoms with E-state index in [2.05, 4.69) is 10.3 Å². The Labute approximate surface area is 124 Å². The zero-order chi connectivity index (χ0) is 15.1. The van der Waals surface area contributed by atoms with Crippen molar-refractivity contribution in [3.63, 3.8) is 0 Å². The van der Waals surface area contributed by atoms with Crippen LogP contribution in [0, 0.1) is 10.1 Å². The summed E-state index contributed by atoms with van der Waals surface area (Å²) in [6.07, 6.45) is 1.60. The highest BCUT2D eigenvalue weighted by atomic mass is 16.7. The molecule has 0 unspecified atom stereocenters. The number of nitrogens with one attached hydrogen (secondary N) is 1. The highest BCUT2D eigenvalue weighted by Gasteiger charge is 2.23. The monoisotopic (exact) mass is 298 g/mol. The Morgan fingerprint density at radius 2 is 2.09 bits per heavy atom. The normalized spacial score (nSPS) is 12.5. The third kappa shape index (κ3) is 1.89. The SMILES string of the molecule is O=[N+]([O-])c1c(Nc2ccc3c(c2)OCO3)nc2ccccn12. The van der Waals surface area contributed by atoms with Crippen LogP contribution in [0.5, 0.6) is 11.5 Å². The van der Waals surface area contributed by atoms with Crippen molar-refractivity contribution >= 4 is 23.0 Å². The van der Waals surface area contributed by atoms with Crippen molar-refractivity contribution < 1.29 is 14.4 Å². The zero-order valence-corrected chi connectivity index (χ0v) is 11.2. The lowest BCUT2D eigenvalue weighted by molar-refractivity contribution is -0.389. The van der Waals surface area contributed by atoms with Gasteiger partial charge >= 0.3 is 5.82 Å². The molecule has 1 N–H and O–H groups in total. The average molecular weight is 298 g/mol. The molecular formula is C14H10N4O4. The molecule has 0 fully saturated rings. The molecule has 1 aromatic carbocycles. The van der Waals surface area contributed by atoms with Crippen LogP contribution in [0.2, 0.25) is 0 Å². The molecule has 1 aliphatic heterocycles. The van der Waals surface area contributed by atoms with Gasteiger partial charge in [0.15, 0.2) is 11.5 Å². The Morgan fingerprint density at radius 1 is 1.23 bits per heavy atom. The summed E-state index contributed by atoms with van der Waals surface area (Å²) in [7, 11) is 0. The summed E-state index contributed by atoms with van der Waals surface area (Å²) in [5, 5.41) is 14.3. The van der Waals surface area contributed by atoms with Crippen LogP contribution >= 0.6 is 0 Å². The Bertz CT molecular complexity index is 890. The van der Waals surface area contributed by atoms with Crippen molar-refractivity contribution in [2.45, 2.75) is 0 Å². The molecule has 0 amide bonds. The summed E-state index contributed by atoms with van der Waals surface area (Å²) in [4.78, 5) is 15.1. The van der Waals surface area contributed by atoms with Crippen molar-refractivity contribution in [2.24, 2.45) is 0 Å². The first-order chi connectivity index (χ1) is 10.7. The Balaban J connectivity index is 1.78. The van der Waals surface area contributed by atoms with Gasteiger partial charge in [-0.3, -0.25) is 0 Å². The van der Waals surface area contributed by atoms with Crippen molar-refractivity contribution in [3.05, 3.63) is 52.7 Å². The number of anilines is 2. The molecule has 110 valence electrons. The van der Waals surface area contributed by atoms with E-state index in [1.807, 2.05) is 0 Å². The third-order valence-electron chi connectivity index (χ3n) is 3.31. The number of aromatic nitrogens is 2. The topological polar surface area (TPSA) is 90.9 Å². The van der Waals surface area contributed by atoms with Gasteiger partial charge in [-0.25, -0.2) is 0 Å². The fraction of sp³-hybridized carbons (Fsp3) is 0.0714. The number of imidazole rings is 1. The van der Waals surface area contributed by atoms with Crippen LogP contribution in [0.1, 0.15) is 0 Å². The molecule has 3 heterocycles. The van der Waals surface area contributed by atoms with Crippen LogP contribution in [0.15, 0.2) is 42.6 Å². The fourth-order valence-corrected chi connectivity index (χ4v) is 2.35. The maximum absolute atomic E-state index is 11.3. The lowest BCUT2D eigenvalue weighted by atomic mass is 10.3. The average Bonchev–Trinajstić information content (AvgIpc) is 3.09. The van der Waals surface area contributed by atoms with E-state index < -0.39 is 4.92 Å². The van der Waals surface area contributed by atoms with E-state index in [0.717, 1.165) is 0 Å². The maximum Gasteiger partial charge on any atom is 0.372 e. The fourth-order valence-electron chi connectivity index (χ4n) is 2.35. The molecule has 0 bridgehead atoms. The smallest absolute Gasteiger partial charge is 0.372 e. The van der Waals surface area contributed by atoms with Crippen LogP contribution in [0.25, 0.3) is 5.65 Å². The summed E-state index contributed by atoms with van der Waals surface area (Å²) >= 11 is 0. The molecule has 22 heavy (non-hydrogen) atoms. The van der Waals surface area contributed by atoms with E-state index in [-0.39, 0.29) is 18.4 Å². The van der Waals surface area contributed by atoms with Crippen molar-refractivity contribution in [1.82, 2.24) is 9.38 Å². The van der Waals surface area contributed by atoms with Crippen LogP contribution in [-0.2, 0) is 0 Å².